The van der Waals surface area contributed by atoms with E-state index in [1.54, 1.807) is 91.0 Å². The molecule has 0 spiro atoms. The lowest BCUT2D eigenvalue weighted by Crippen LogP contribution is -2.50. The monoisotopic (exact) mass is 651 g/mol. The van der Waals surface area contributed by atoms with Crippen LogP contribution < -0.4 is 10.9 Å². The molecule has 14 heteroatoms. The van der Waals surface area contributed by atoms with Gasteiger partial charge in [0.2, 0.25) is 11.9 Å². The van der Waals surface area contributed by atoms with Crippen LogP contribution in [0.4, 0.5) is 5.95 Å². The SMILES string of the molecule is CC(=O)Nc1nc2c(ncn2[C@@H]2O[C@H](COC(=O)c3ccccc3)[C@H](OC(=O)c3ccccc3)[C@@]2(C)OC(=O)c2ccccc2)c(=O)[nH]1. The van der Waals surface area contributed by atoms with Crippen LogP contribution in [-0.2, 0) is 23.7 Å². The molecule has 6 rings (SSSR count). The lowest BCUT2D eigenvalue weighted by molar-refractivity contribution is -0.114. The van der Waals surface area contributed by atoms with Gasteiger partial charge in [0.05, 0.1) is 23.0 Å². The maximum absolute atomic E-state index is 13.6. The molecule has 0 radical (unpaired) electrons. The van der Waals surface area contributed by atoms with Crippen molar-refractivity contribution >= 4 is 40.9 Å². The summed E-state index contributed by atoms with van der Waals surface area (Å²) in [5.74, 6) is -2.86. The second kappa shape index (κ2) is 13.3. The van der Waals surface area contributed by atoms with E-state index in [4.69, 9.17) is 18.9 Å². The second-order valence-corrected chi connectivity index (χ2v) is 11.0. The molecule has 1 amide bonds. The first-order chi connectivity index (χ1) is 23.1. The summed E-state index contributed by atoms with van der Waals surface area (Å²) >= 11 is 0. The van der Waals surface area contributed by atoms with Crippen molar-refractivity contribution in [1.29, 1.82) is 0 Å². The number of hydrogen-bond acceptors (Lipinski definition) is 11. The smallest absolute Gasteiger partial charge is 0.338 e. The molecular formula is C34H29N5O9. The first-order valence-electron chi connectivity index (χ1n) is 14.8. The predicted octanol–water partition coefficient (Wildman–Crippen LogP) is 3.67. The zero-order valence-electron chi connectivity index (χ0n) is 25.7. The predicted molar refractivity (Wildman–Crippen MR) is 169 cm³/mol. The molecule has 1 saturated heterocycles. The summed E-state index contributed by atoms with van der Waals surface area (Å²) < 4.78 is 25.5. The summed E-state index contributed by atoms with van der Waals surface area (Å²) in [4.78, 5) is 75.7. The van der Waals surface area contributed by atoms with Gasteiger partial charge in [0.1, 0.15) is 12.7 Å². The number of hydrogen-bond donors (Lipinski definition) is 2. The van der Waals surface area contributed by atoms with Gasteiger partial charge in [-0.1, -0.05) is 54.6 Å². The number of nitrogens with zero attached hydrogens (tertiary/aromatic N) is 3. The normalized spacial score (nSPS) is 20.2. The highest BCUT2D eigenvalue weighted by Gasteiger charge is 2.60. The van der Waals surface area contributed by atoms with Crippen LogP contribution in [0.15, 0.2) is 102 Å². The summed E-state index contributed by atoms with van der Waals surface area (Å²) in [5, 5.41) is 2.43. The van der Waals surface area contributed by atoms with Gasteiger partial charge in [-0.25, -0.2) is 19.4 Å². The summed E-state index contributed by atoms with van der Waals surface area (Å²) in [6.45, 7) is 2.32. The van der Waals surface area contributed by atoms with E-state index >= 15 is 0 Å². The molecule has 3 heterocycles. The highest BCUT2D eigenvalue weighted by atomic mass is 16.7. The first-order valence-corrected chi connectivity index (χ1v) is 14.8. The van der Waals surface area contributed by atoms with E-state index in [0.717, 1.165) is 0 Å². The van der Waals surface area contributed by atoms with Crippen LogP contribution in [0, 0.1) is 0 Å². The fraction of sp³-hybridized carbons (Fsp3) is 0.206. The summed E-state index contributed by atoms with van der Waals surface area (Å²) in [6.07, 6.45) is -2.67. The standard InChI is InChI=1S/C34H29N5O9/c1-20(40)36-33-37-27-25(28(41)38-33)35-19-39(27)32-34(2,48-31(44)23-16-10-5-11-17-23)26(47-30(43)22-14-8-4-9-15-22)24(46-32)18-45-29(42)21-12-6-3-7-13-21/h3-17,19,24,26,32H,18H2,1-2H3,(H2,36,37,38,40,41)/t24-,26+,32-,34-/m1/s1. The Morgan fingerprint density at radius 3 is 2.02 bits per heavy atom. The van der Waals surface area contributed by atoms with Gasteiger partial charge in [0.15, 0.2) is 29.1 Å². The van der Waals surface area contributed by atoms with Crippen molar-refractivity contribution in [1.82, 2.24) is 19.5 Å². The first kappa shape index (κ1) is 31.8. The maximum Gasteiger partial charge on any atom is 0.338 e. The largest absolute Gasteiger partial charge is 0.459 e. The van der Waals surface area contributed by atoms with Gasteiger partial charge < -0.3 is 18.9 Å². The number of H-pyrrole nitrogens is 1. The minimum atomic E-state index is -1.84. The van der Waals surface area contributed by atoms with Gasteiger partial charge in [-0.3, -0.25) is 24.5 Å². The molecule has 1 aliphatic rings. The molecule has 1 fully saturated rings. The van der Waals surface area contributed by atoms with E-state index in [0.29, 0.717) is 0 Å². The molecule has 3 aromatic carbocycles. The van der Waals surface area contributed by atoms with Crippen molar-refractivity contribution < 1.29 is 38.1 Å². The van der Waals surface area contributed by atoms with Crippen LogP contribution in [0.3, 0.4) is 0 Å². The van der Waals surface area contributed by atoms with Crippen LogP contribution in [-0.4, -0.2) is 67.7 Å². The van der Waals surface area contributed by atoms with Gasteiger partial charge in [0, 0.05) is 6.92 Å². The second-order valence-electron chi connectivity index (χ2n) is 11.0. The Labute approximate surface area is 272 Å². The number of carbonyl (C=O) groups excluding carboxylic acids is 4. The van der Waals surface area contributed by atoms with Crippen LogP contribution >= 0.6 is 0 Å². The number of benzene rings is 3. The van der Waals surface area contributed by atoms with E-state index < -0.39 is 60.0 Å². The highest BCUT2D eigenvalue weighted by Crippen LogP contribution is 2.44. The van der Waals surface area contributed by atoms with Crippen LogP contribution in [0.25, 0.3) is 11.2 Å². The Balaban J connectivity index is 1.45. The van der Waals surface area contributed by atoms with E-state index in [9.17, 15) is 24.0 Å². The van der Waals surface area contributed by atoms with E-state index in [1.807, 2.05) is 0 Å². The van der Waals surface area contributed by atoms with Crippen molar-refractivity contribution in [3.8, 4) is 0 Å². The third-order valence-corrected chi connectivity index (χ3v) is 7.63. The number of nitrogens with one attached hydrogen (secondary N) is 2. The fourth-order valence-electron chi connectivity index (χ4n) is 5.38. The maximum atomic E-state index is 13.6. The Bertz CT molecular complexity index is 2030. The summed E-state index contributed by atoms with van der Waals surface area (Å²) in [5.41, 5.74) is -1.97. The molecule has 5 aromatic rings. The number of rotatable bonds is 9. The number of aromatic nitrogens is 4. The van der Waals surface area contributed by atoms with Gasteiger partial charge >= 0.3 is 17.9 Å². The highest BCUT2D eigenvalue weighted by molar-refractivity contribution is 5.91. The van der Waals surface area contributed by atoms with E-state index in [1.165, 1.54) is 24.7 Å². The van der Waals surface area contributed by atoms with Crippen molar-refractivity contribution in [3.05, 3.63) is 124 Å². The van der Waals surface area contributed by atoms with E-state index in [-0.39, 0.29) is 33.8 Å². The van der Waals surface area contributed by atoms with Gasteiger partial charge in [-0.15, -0.1) is 0 Å². The van der Waals surface area contributed by atoms with Gasteiger partial charge in [-0.2, -0.15) is 4.98 Å². The molecule has 48 heavy (non-hydrogen) atoms. The van der Waals surface area contributed by atoms with E-state index in [2.05, 4.69) is 20.3 Å². The van der Waals surface area contributed by atoms with Crippen molar-refractivity contribution in [2.45, 2.75) is 37.9 Å². The minimum absolute atomic E-state index is 0.0375. The number of carbonyl (C=O) groups is 4. The number of ether oxygens (including phenoxy) is 4. The molecule has 1 aliphatic heterocycles. The number of fused-ring (bicyclic) bond motifs is 1. The van der Waals surface area contributed by atoms with Crippen LogP contribution in [0.1, 0.15) is 51.1 Å². The lowest BCUT2D eigenvalue weighted by Gasteiger charge is -2.34. The number of aromatic amines is 1. The molecule has 2 N–H and O–H groups in total. The molecule has 0 aliphatic carbocycles. The number of anilines is 1. The average Bonchev–Trinajstić information content (AvgIpc) is 3.62. The minimum Gasteiger partial charge on any atom is -0.459 e. The Morgan fingerprint density at radius 1 is 0.875 bits per heavy atom. The Hall–Kier alpha value is -6.15. The molecule has 0 saturated carbocycles. The summed E-state index contributed by atoms with van der Waals surface area (Å²) in [7, 11) is 0. The van der Waals surface area contributed by atoms with Gasteiger partial charge in [0.25, 0.3) is 5.56 Å². The molecule has 244 valence electrons. The van der Waals surface area contributed by atoms with Crippen LogP contribution in [0.2, 0.25) is 0 Å². The molecule has 4 atom stereocenters. The number of esters is 3. The lowest BCUT2D eigenvalue weighted by atomic mass is 9.95. The summed E-state index contributed by atoms with van der Waals surface area (Å²) in [6, 6.07) is 24.6. The molecule has 0 bridgehead atoms. The zero-order chi connectivity index (χ0) is 33.8. The van der Waals surface area contributed by atoms with Crippen molar-refractivity contribution in [2.75, 3.05) is 11.9 Å². The topological polar surface area (TPSA) is 181 Å². The van der Waals surface area contributed by atoms with Crippen molar-refractivity contribution in [2.24, 2.45) is 0 Å². The quantitative estimate of drug-likeness (QED) is 0.175. The average molecular weight is 652 g/mol. The molecule has 2 aromatic heterocycles. The number of imidazole rings is 1. The van der Waals surface area contributed by atoms with Gasteiger partial charge in [-0.05, 0) is 43.3 Å². The molecule has 14 nitrogen and oxygen atoms in total. The Kier molecular flexibility index (Phi) is 8.81. The third kappa shape index (κ3) is 6.41. The number of amides is 1. The molecular weight excluding hydrogens is 622 g/mol. The Morgan fingerprint density at radius 2 is 1.44 bits per heavy atom. The zero-order valence-corrected chi connectivity index (χ0v) is 25.7. The third-order valence-electron chi connectivity index (χ3n) is 7.63. The van der Waals surface area contributed by atoms with Crippen molar-refractivity contribution in [3.63, 3.8) is 0 Å². The van der Waals surface area contributed by atoms with Crippen LogP contribution in [0.5, 0.6) is 0 Å². The molecule has 0 unspecified atom stereocenters. The fourth-order valence-corrected chi connectivity index (χ4v) is 5.38.